The minimum absolute atomic E-state index is 0.112. The number of aromatic nitrogens is 1. The molecular weight excluding hydrogens is 268 g/mol. The second kappa shape index (κ2) is 5.07. The molecule has 0 aliphatic rings. The van der Waals surface area contributed by atoms with Gasteiger partial charge in [0.05, 0.1) is 16.3 Å². The number of hydrogen-bond acceptors (Lipinski definition) is 5. The second-order valence-electron chi connectivity index (χ2n) is 3.74. The summed E-state index contributed by atoms with van der Waals surface area (Å²) in [7, 11) is 0. The molecule has 7 heteroatoms. The predicted molar refractivity (Wildman–Crippen MR) is 69.9 cm³/mol. The summed E-state index contributed by atoms with van der Waals surface area (Å²) < 4.78 is 0. The van der Waals surface area contributed by atoms with E-state index in [0.717, 1.165) is 11.1 Å². The molecule has 0 aliphatic heterocycles. The van der Waals surface area contributed by atoms with Crippen molar-refractivity contribution in [2.45, 2.75) is 6.92 Å². The van der Waals surface area contributed by atoms with Gasteiger partial charge in [-0.05, 0) is 25.1 Å². The molecule has 2 rings (SSSR count). The number of amides is 1. The summed E-state index contributed by atoms with van der Waals surface area (Å²) in [5.41, 5.74) is 0.160. The first-order chi connectivity index (χ1) is 8.97. The van der Waals surface area contributed by atoms with Crippen molar-refractivity contribution in [2.24, 2.45) is 0 Å². The fourth-order valence-corrected chi connectivity index (χ4v) is 2.07. The third-order valence-electron chi connectivity index (χ3n) is 2.33. The van der Waals surface area contributed by atoms with E-state index < -0.39 is 11.9 Å². The summed E-state index contributed by atoms with van der Waals surface area (Å²) in [6.07, 6.45) is 0. The normalized spacial score (nSPS) is 10.2. The van der Waals surface area contributed by atoms with Crippen molar-refractivity contribution in [3.63, 3.8) is 0 Å². The number of carbonyl (C=O) groups is 2. The van der Waals surface area contributed by atoms with Crippen molar-refractivity contribution in [3.8, 4) is 5.75 Å². The minimum atomic E-state index is -1.24. The average molecular weight is 278 g/mol. The Kier molecular flexibility index (Phi) is 3.48. The number of aryl methyl sites for hydroxylation is 1. The molecule has 0 spiro atoms. The van der Waals surface area contributed by atoms with E-state index in [0.29, 0.717) is 0 Å². The number of thiazole rings is 1. The molecule has 19 heavy (non-hydrogen) atoms. The monoisotopic (exact) mass is 278 g/mol. The zero-order chi connectivity index (χ0) is 14.0. The molecule has 1 aromatic heterocycles. The largest absolute Gasteiger partial charge is 0.508 e. The lowest BCUT2D eigenvalue weighted by Crippen LogP contribution is -2.15. The Balaban J connectivity index is 2.28. The molecule has 0 bridgehead atoms. The third kappa shape index (κ3) is 2.89. The van der Waals surface area contributed by atoms with Crippen LogP contribution in [0, 0.1) is 6.92 Å². The number of carbonyl (C=O) groups excluding carboxylic acids is 1. The lowest BCUT2D eigenvalue weighted by Gasteiger charge is -2.07. The van der Waals surface area contributed by atoms with Gasteiger partial charge in [0.1, 0.15) is 11.4 Å². The van der Waals surface area contributed by atoms with Crippen LogP contribution in [0.1, 0.15) is 25.9 Å². The maximum absolute atomic E-state index is 11.9. The molecule has 1 aromatic carbocycles. The summed E-state index contributed by atoms with van der Waals surface area (Å²) >= 11 is 1.33. The van der Waals surface area contributed by atoms with E-state index in [4.69, 9.17) is 5.11 Å². The lowest BCUT2D eigenvalue weighted by molar-refractivity contribution is 0.0697. The number of anilines is 1. The SMILES string of the molecule is Cc1nc(C(=O)Nc2ccc(O)cc2C(=O)O)cs1. The van der Waals surface area contributed by atoms with Gasteiger partial charge in [-0.25, -0.2) is 9.78 Å². The van der Waals surface area contributed by atoms with Crippen molar-refractivity contribution in [2.75, 3.05) is 5.32 Å². The molecule has 0 unspecified atom stereocenters. The van der Waals surface area contributed by atoms with E-state index in [1.54, 1.807) is 12.3 Å². The fraction of sp³-hybridized carbons (Fsp3) is 0.0833. The van der Waals surface area contributed by atoms with Gasteiger partial charge in [-0.2, -0.15) is 0 Å². The van der Waals surface area contributed by atoms with Crippen LogP contribution >= 0.6 is 11.3 Å². The molecule has 98 valence electrons. The molecular formula is C12H10N2O4S. The topological polar surface area (TPSA) is 99.5 Å². The number of aromatic hydroxyl groups is 1. The van der Waals surface area contributed by atoms with Gasteiger partial charge in [0.2, 0.25) is 0 Å². The summed E-state index contributed by atoms with van der Waals surface area (Å²) in [5, 5.41) is 23.1. The summed E-state index contributed by atoms with van der Waals surface area (Å²) in [6.45, 7) is 1.77. The maximum Gasteiger partial charge on any atom is 0.337 e. The Bertz CT molecular complexity index is 651. The first kappa shape index (κ1) is 13.0. The van der Waals surface area contributed by atoms with Crippen LogP contribution in [0.25, 0.3) is 0 Å². The second-order valence-corrected chi connectivity index (χ2v) is 4.80. The average Bonchev–Trinajstić information content (AvgIpc) is 2.78. The highest BCUT2D eigenvalue weighted by molar-refractivity contribution is 7.09. The number of rotatable bonds is 3. The van der Waals surface area contributed by atoms with Gasteiger partial charge in [0.15, 0.2) is 0 Å². The highest BCUT2D eigenvalue weighted by atomic mass is 32.1. The number of benzene rings is 1. The number of phenols is 1. The van der Waals surface area contributed by atoms with Gasteiger partial charge in [0.25, 0.3) is 5.91 Å². The van der Waals surface area contributed by atoms with Gasteiger partial charge in [-0.3, -0.25) is 4.79 Å². The third-order valence-corrected chi connectivity index (χ3v) is 3.11. The van der Waals surface area contributed by atoms with Crippen LogP contribution in [0.5, 0.6) is 5.75 Å². The summed E-state index contributed by atoms with van der Waals surface area (Å²) in [6, 6.07) is 3.70. The quantitative estimate of drug-likeness (QED) is 0.747. The molecule has 2 aromatic rings. The van der Waals surface area contributed by atoms with E-state index in [-0.39, 0.29) is 22.7 Å². The molecule has 1 heterocycles. The molecule has 0 fully saturated rings. The van der Waals surface area contributed by atoms with Crippen LogP contribution in [0.3, 0.4) is 0 Å². The zero-order valence-electron chi connectivity index (χ0n) is 9.88. The van der Waals surface area contributed by atoms with Crippen LogP contribution in [-0.4, -0.2) is 27.1 Å². The number of carboxylic acids is 1. The highest BCUT2D eigenvalue weighted by Gasteiger charge is 2.15. The van der Waals surface area contributed by atoms with Crippen LogP contribution in [0.4, 0.5) is 5.69 Å². The van der Waals surface area contributed by atoms with E-state index in [9.17, 15) is 14.7 Å². The first-order valence-electron chi connectivity index (χ1n) is 5.27. The number of aromatic carboxylic acids is 1. The minimum Gasteiger partial charge on any atom is -0.508 e. The predicted octanol–water partition coefficient (Wildman–Crippen LogP) is 2.11. The molecule has 0 aliphatic carbocycles. The number of phenolic OH excluding ortho intramolecular Hbond substituents is 1. The molecule has 3 N–H and O–H groups in total. The van der Waals surface area contributed by atoms with Crippen LogP contribution in [0.15, 0.2) is 23.6 Å². The van der Waals surface area contributed by atoms with Gasteiger partial charge in [0, 0.05) is 5.38 Å². The van der Waals surface area contributed by atoms with Crippen molar-refractivity contribution in [3.05, 3.63) is 39.8 Å². The Morgan fingerprint density at radius 1 is 1.37 bits per heavy atom. The van der Waals surface area contributed by atoms with Crippen LogP contribution < -0.4 is 5.32 Å². The smallest absolute Gasteiger partial charge is 0.337 e. The van der Waals surface area contributed by atoms with Crippen LogP contribution in [-0.2, 0) is 0 Å². The zero-order valence-corrected chi connectivity index (χ0v) is 10.7. The Morgan fingerprint density at radius 2 is 2.11 bits per heavy atom. The van der Waals surface area contributed by atoms with Crippen LogP contribution in [0.2, 0.25) is 0 Å². The standard InChI is InChI=1S/C12H10N2O4S/c1-6-13-10(5-19-6)11(16)14-9-3-2-7(15)4-8(9)12(17)18/h2-5,15H,1H3,(H,14,16)(H,17,18). The first-order valence-corrected chi connectivity index (χ1v) is 6.15. The fourth-order valence-electron chi connectivity index (χ4n) is 1.47. The van der Waals surface area contributed by atoms with Crippen molar-refractivity contribution in [1.29, 1.82) is 0 Å². The van der Waals surface area contributed by atoms with Gasteiger partial charge >= 0.3 is 5.97 Å². The maximum atomic E-state index is 11.9. The van der Waals surface area contributed by atoms with Gasteiger partial charge in [-0.1, -0.05) is 0 Å². The summed E-state index contributed by atoms with van der Waals surface area (Å²) in [5.74, 6) is -1.90. The lowest BCUT2D eigenvalue weighted by atomic mass is 10.1. The van der Waals surface area contributed by atoms with Gasteiger partial charge in [-0.15, -0.1) is 11.3 Å². The Morgan fingerprint density at radius 3 is 2.68 bits per heavy atom. The Labute approximate surface area is 112 Å². The number of nitrogens with one attached hydrogen (secondary N) is 1. The number of nitrogens with zero attached hydrogens (tertiary/aromatic N) is 1. The molecule has 6 nitrogen and oxygen atoms in total. The van der Waals surface area contributed by atoms with Crippen molar-refractivity contribution in [1.82, 2.24) is 4.98 Å². The van der Waals surface area contributed by atoms with E-state index >= 15 is 0 Å². The van der Waals surface area contributed by atoms with Gasteiger partial charge < -0.3 is 15.5 Å². The molecule has 0 saturated heterocycles. The van der Waals surface area contributed by atoms with Crippen molar-refractivity contribution < 1.29 is 19.8 Å². The van der Waals surface area contributed by atoms with E-state index in [1.807, 2.05) is 0 Å². The Hall–Kier alpha value is -2.41. The summed E-state index contributed by atoms with van der Waals surface area (Å²) in [4.78, 5) is 26.9. The number of hydrogen-bond donors (Lipinski definition) is 3. The van der Waals surface area contributed by atoms with E-state index in [1.165, 1.54) is 23.5 Å². The molecule has 0 saturated carbocycles. The highest BCUT2D eigenvalue weighted by Crippen LogP contribution is 2.22. The number of carboxylic acid groups (broad SMARTS) is 1. The molecule has 0 atom stereocenters. The van der Waals surface area contributed by atoms with E-state index in [2.05, 4.69) is 10.3 Å². The molecule has 0 radical (unpaired) electrons. The van der Waals surface area contributed by atoms with Crippen molar-refractivity contribution >= 4 is 28.9 Å². The molecule has 1 amide bonds.